The Kier molecular flexibility index (Phi) is 8.21. The van der Waals surface area contributed by atoms with Gasteiger partial charge in [0.1, 0.15) is 5.71 Å². The van der Waals surface area contributed by atoms with Crippen molar-refractivity contribution < 1.29 is 28.8 Å². The Balaban J connectivity index is 1.66. The number of nitro groups is 1. The predicted molar refractivity (Wildman–Crippen MR) is 141 cm³/mol. The predicted octanol–water partition coefficient (Wildman–Crippen LogP) is 5.58. The SMILES string of the molecule is COc1ccc(/C(CSc2nc3ccccc3s2)=N/OC(=O)c2ccc([N+](=O)[O-])cc2)c(OC)c1OC. The number of nitrogens with zero attached hydrogens (tertiary/aromatic N) is 3. The Labute approximate surface area is 220 Å². The molecule has 0 aliphatic carbocycles. The Morgan fingerprint density at radius 2 is 1.73 bits per heavy atom. The number of benzene rings is 3. The van der Waals surface area contributed by atoms with Gasteiger partial charge in [-0.3, -0.25) is 10.1 Å². The monoisotopic (exact) mass is 539 g/mol. The van der Waals surface area contributed by atoms with Crippen LogP contribution in [0.2, 0.25) is 0 Å². The van der Waals surface area contributed by atoms with Gasteiger partial charge in [-0.15, -0.1) is 11.3 Å². The third-order valence-electron chi connectivity index (χ3n) is 5.17. The second-order valence-electron chi connectivity index (χ2n) is 7.34. The lowest BCUT2D eigenvalue weighted by atomic mass is 10.1. The zero-order chi connectivity index (χ0) is 26.4. The number of aromatic nitrogens is 1. The molecule has 190 valence electrons. The van der Waals surface area contributed by atoms with Gasteiger partial charge in [-0.25, -0.2) is 9.78 Å². The van der Waals surface area contributed by atoms with Gasteiger partial charge in [0.2, 0.25) is 5.75 Å². The van der Waals surface area contributed by atoms with Crippen LogP contribution in [-0.4, -0.2) is 48.7 Å². The van der Waals surface area contributed by atoms with E-state index >= 15 is 0 Å². The van der Waals surface area contributed by atoms with Crippen molar-refractivity contribution in [2.45, 2.75) is 4.34 Å². The molecular weight excluding hydrogens is 518 g/mol. The maximum absolute atomic E-state index is 12.6. The van der Waals surface area contributed by atoms with Crippen LogP contribution in [0.1, 0.15) is 15.9 Å². The molecule has 1 heterocycles. The van der Waals surface area contributed by atoms with Crippen molar-refractivity contribution in [1.82, 2.24) is 4.98 Å². The van der Waals surface area contributed by atoms with Crippen molar-refractivity contribution in [2.75, 3.05) is 27.1 Å². The topological polar surface area (TPSA) is 122 Å². The normalized spacial score (nSPS) is 11.3. The largest absolute Gasteiger partial charge is 0.493 e. The molecule has 0 N–H and O–H groups in total. The van der Waals surface area contributed by atoms with Crippen molar-refractivity contribution in [2.24, 2.45) is 5.16 Å². The first-order valence-corrected chi connectivity index (χ1v) is 12.6. The van der Waals surface area contributed by atoms with Crippen LogP contribution in [0.3, 0.4) is 0 Å². The summed E-state index contributed by atoms with van der Waals surface area (Å²) in [4.78, 5) is 32.9. The molecule has 0 amide bonds. The van der Waals surface area contributed by atoms with E-state index in [0.29, 0.717) is 34.3 Å². The highest BCUT2D eigenvalue weighted by molar-refractivity contribution is 8.01. The molecule has 37 heavy (non-hydrogen) atoms. The van der Waals surface area contributed by atoms with E-state index in [1.54, 1.807) is 23.5 Å². The van der Waals surface area contributed by atoms with Crippen LogP contribution >= 0.6 is 23.1 Å². The molecule has 0 aliphatic heterocycles. The molecule has 0 aliphatic rings. The molecule has 0 spiro atoms. The number of fused-ring (bicyclic) bond motifs is 1. The lowest BCUT2D eigenvalue weighted by Crippen LogP contribution is -2.11. The number of thioether (sulfide) groups is 1. The molecule has 1 aromatic heterocycles. The molecule has 0 atom stereocenters. The molecule has 0 saturated heterocycles. The minimum atomic E-state index is -0.767. The summed E-state index contributed by atoms with van der Waals surface area (Å²) in [6.45, 7) is 0. The summed E-state index contributed by atoms with van der Waals surface area (Å²) in [5, 5.41) is 15.0. The van der Waals surface area contributed by atoms with E-state index in [1.807, 2.05) is 24.3 Å². The number of thiazole rings is 1. The summed E-state index contributed by atoms with van der Waals surface area (Å²) >= 11 is 2.97. The highest BCUT2D eigenvalue weighted by Gasteiger charge is 2.21. The molecule has 10 nitrogen and oxygen atoms in total. The van der Waals surface area contributed by atoms with Gasteiger partial charge in [-0.2, -0.15) is 0 Å². The number of non-ortho nitro benzene ring substituents is 1. The maximum atomic E-state index is 12.6. The Morgan fingerprint density at radius 3 is 2.38 bits per heavy atom. The Morgan fingerprint density at radius 1 is 1.00 bits per heavy atom. The van der Waals surface area contributed by atoms with Crippen LogP contribution in [0.4, 0.5) is 5.69 Å². The first-order chi connectivity index (χ1) is 17.9. The molecule has 0 unspecified atom stereocenters. The van der Waals surface area contributed by atoms with Gasteiger partial charge >= 0.3 is 5.97 Å². The Bertz CT molecular complexity index is 1440. The number of rotatable bonds is 10. The third kappa shape index (κ3) is 5.81. The molecule has 0 fully saturated rings. The smallest absolute Gasteiger partial charge is 0.365 e. The van der Waals surface area contributed by atoms with E-state index in [1.165, 1.54) is 57.4 Å². The van der Waals surface area contributed by atoms with Gasteiger partial charge < -0.3 is 19.0 Å². The first kappa shape index (κ1) is 25.9. The van der Waals surface area contributed by atoms with E-state index in [4.69, 9.17) is 19.0 Å². The number of oxime groups is 1. The van der Waals surface area contributed by atoms with E-state index < -0.39 is 10.9 Å². The van der Waals surface area contributed by atoms with Crippen LogP contribution in [-0.2, 0) is 4.84 Å². The van der Waals surface area contributed by atoms with Crippen LogP contribution in [0.5, 0.6) is 17.2 Å². The highest BCUT2D eigenvalue weighted by atomic mass is 32.2. The van der Waals surface area contributed by atoms with Gasteiger partial charge in [0.25, 0.3) is 5.69 Å². The number of carbonyl (C=O) groups excluding carboxylic acids is 1. The fraction of sp³-hybridized carbons (Fsp3) is 0.160. The lowest BCUT2D eigenvalue weighted by Gasteiger charge is -2.16. The van der Waals surface area contributed by atoms with Gasteiger partial charge in [0.05, 0.1) is 42.0 Å². The van der Waals surface area contributed by atoms with Crippen LogP contribution in [0, 0.1) is 10.1 Å². The minimum absolute atomic E-state index is 0.117. The molecule has 0 saturated carbocycles. The van der Waals surface area contributed by atoms with Crippen LogP contribution < -0.4 is 14.2 Å². The van der Waals surface area contributed by atoms with Crippen molar-refractivity contribution in [1.29, 1.82) is 0 Å². The summed E-state index contributed by atoms with van der Waals surface area (Å²) in [6.07, 6.45) is 0. The maximum Gasteiger partial charge on any atom is 0.365 e. The third-order valence-corrected chi connectivity index (χ3v) is 7.36. The molecule has 3 aromatic carbocycles. The summed E-state index contributed by atoms with van der Waals surface area (Å²) in [5.74, 6) is 0.707. The summed E-state index contributed by atoms with van der Waals surface area (Å²) in [5.41, 5.74) is 1.79. The zero-order valence-corrected chi connectivity index (χ0v) is 21.6. The van der Waals surface area contributed by atoms with E-state index in [0.717, 1.165) is 14.6 Å². The molecule has 12 heteroatoms. The quantitative estimate of drug-likeness (QED) is 0.0835. The molecule has 0 radical (unpaired) electrons. The number of ether oxygens (including phenoxy) is 3. The number of carbonyl (C=O) groups is 1. The second kappa shape index (κ2) is 11.7. The average Bonchev–Trinajstić information content (AvgIpc) is 3.35. The van der Waals surface area contributed by atoms with Crippen molar-refractivity contribution in [3.05, 3.63) is 81.9 Å². The number of hydrogen-bond donors (Lipinski definition) is 0. The van der Waals surface area contributed by atoms with Crippen molar-refractivity contribution in [3.63, 3.8) is 0 Å². The summed E-state index contributed by atoms with van der Waals surface area (Å²) in [6, 6.07) is 16.3. The standard InChI is InChI=1S/C25H21N3O7S2/c1-32-20-13-12-17(22(33-2)23(20)34-3)19(14-36-25-26-18-6-4-5-7-21(18)37-25)27-35-24(29)15-8-10-16(11-9-15)28(30)31/h4-13H,14H2,1-3H3/b27-19+. The zero-order valence-electron chi connectivity index (χ0n) is 20.0. The van der Waals surface area contributed by atoms with Gasteiger partial charge in [-0.1, -0.05) is 29.1 Å². The van der Waals surface area contributed by atoms with Gasteiger partial charge in [-0.05, 0) is 36.4 Å². The fourth-order valence-electron chi connectivity index (χ4n) is 3.39. The summed E-state index contributed by atoms with van der Waals surface area (Å²) in [7, 11) is 4.49. The molecule has 4 rings (SSSR count). The first-order valence-electron chi connectivity index (χ1n) is 10.8. The van der Waals surface area contributed by atoms with E-state index in [-0.39, 0.29) is 11.3 Å². The number of methoxy groups -OCH3 is 3. The second-order valence-corrected chi connectivity index (χ2v) is 9.59. The van der Waals surface area contributed by atoms with Crippen molar-refractivity contribution in [3.8, 4) is 17.2 Å². The molecule has 4 aromatic rings. The number of nitro benzene ring substituents is 1. The van der Waals surface area contributed by atoms with Gasteiger partial charge in [0.15, 0.2) is 15.8 Å². The highest BCUT2D eigenvalue weighted by Crippen LogP contribution is 2.41. The molecule has 0 bridgehead atoms. The number of para-hydroxylation sites is 1. The number of hydrogen-bond acceptors (Lipinski definition) is 11. The van der Waals surface area contributed by atoms with E-state index in [2.05, 4.69) is 10.1 Å². The average molecular weight is 540 g/mol. The summed E-state index contributed by atoms with van der Waals surface area (Å²) < 4.78 is 18.3. The fourth-order valence-corrected chi connectivity index (χ4v) is 5.40. The minimum Gasteiger partial charge on any atom is -0.493 e. The Hall–Kier alpha value is -4.16. The van der Waals surface area contributed by atoms with Crippen molar-refractivity contribution >= 4 is 50.7 Å². The van der Waals surface area contributed by atoms with Gasteiger partial charge in [0, 0.05) is 23.4 Å². The van der Waals surface area contributed by atoms with Crippen LogP contribution in [0.25, 0.3) is 10.2 Å². The van der Waals surface area contributed by atoms with Crippen LogP contribution in [0.15, 0.2) is 70.2 Å². The van der Waals surface area contributed by atoms with E-state index in [9.17, 15) is 14.9 Å². The molecular formula is C25H21N3O7S2. The lowest BCUT2D eigenvalue weighted by molar-refractivity contribution is -0.384.